The molecule has 1 atom stereocenters. The zero-order valence-corrected chi connectivity index (χ0v) is 7.38. The molecule has 13 heavy (non-hydrogen) atoms. The molecule has 1 aromatic carbocycles. The van der Waals surface area contributed by atoms with Crippen molar-refractivity contribution in [3.63, 3.8) is 0 Å². The molecule has 0 heterocycles. The molecule has 4 heteroatoms. The molecule has 4 nitrogen and oxygen atoms in total. The van der Waals surface area contributed by atoms with E-state index < -0.39 is 6.10 Å². The van der Waals surface area contributed by atoms with Crippen LogP contribution in [0.15, 0.2) is 29.4 Å². The second-order valence-electron chi connectivity index (χ2n) is 2.84. The highest BCUT2D eigenvalue weighted by atomic mass is 16.3. The molecule has 0 aliphatic carbocycles. The van der Waals surface area contributed by atoms with Crippen molar-refractivity contribution in [3.05, 3.63) is 45.8 Å². The molecule has 0 unspecified atom stereocenters. The van der Waals surface area contributed by atoms with Crippen molar-refractivity contribution in [3.8, 4) is 0 Å². The first-order valence-electron chi connectivity index (χ1n) is 3.99. The number of aliphatic hydroxyl groups excluding tert-OH is 1. The SMILES string of the molecule is Cc1ccc([C@@H](O)CN=[N+]=[N-])cc1. The maximum absolute atomic E-state index is 9.48. The fourth-order valence-corrected chi connectivity index (χ4v) is 1.01. The monoisotopic (exact) mass is 177 g/mol. The third-order valence-electron chi connectivity index (χ3n) is 1.78. The molecule has 0 bridgehead atoms. The third-order valence-corrected chi connectivity index (χ3v) is 1.78. The topological polar surface area (TPSA) is 69.0 Å². The van der Waals surface area contributed by atoms with Gasteiger partial charge in [-0.05, 0) is 18.0 Å². The normalized spacial score (nSPS) is 11.8. The second-order valence-corrected chi connectivity index (χ2v) is 2.84. The number of benzene rings is 1. The first-order valence-corrected chi connectivity index (χ1v) is 3.99. The summed E-state index contributed by atoms with van der Waals surface area (Å²) in [5.41, 5.74) is 9.97. The van der Waals surface area contributed by atoms with Crippen LogP contribution in [-0.4, -0.2) is 11.7 Å². The second kappa shape index (κ2) is 4.50. The summed E-state index contributed by atoms with van der Waals surface area (Å²) >= 11 is 0. The van der Waals surface area contributed by atoms with Crippen molar-refractivity contribution >= 4 is 0 Å². The number of nitrogens with zero attached hydrogens (tertiary/aromatic N) is 3. The zero-order chi connectivity index (χ0) is 9.68. The highest BCUT2D eigenvalue weighted by molar-refractivity contribution is 5.23. The number of azide groups is 1. The molecule has 1 rings (SSSR count). The third kappa shape index (κ3) is 2.78. The predicted octanol–water partition coefficient (Wildman–Crippen LogP) is 2.34. The maximum Gasteiger partial charge on any atom is 0.0846 e. The molecule has 0 saturated heterocycles. The molecule has 1 N–H and O–H groups in total. The minimum absolute atomic E-state index is 0.0829. The predicted molar refractivity (Wildman–Crippen MR) is 50.2 cm³/mol. The van der Waals surface area contributed by atoms with Gasteiger partial charge in [-0.3, -0.25) is 0 Å². The maximum atomic E-state index is 9.48. The molecule has 0 aromatic heterocycles. The van der Waals surface area contributed by atoms with Gasteiger partial charge in [0.2, 0.25) is 0 Å². The lowest BCUT2D eigenvalue weighted by Gasteiger charge is -2.06. The van der Waals surface area contributed by atoms with Crippen LogP contribution in [0.1, 0.15) is 17.2 Å². The van der Waals surface area contributed by atoms with Crippen molar-refractivity contribution in [2.24, 2.45) is 5.11 Å². The molecule has 0 radical (unpaired) electrons. The Morgan fingerprint density at radius 3 is 2.62 bits per heavy atom. The highest BCUT2D eigenvalue weighted by Crippen LogP contribution is 2.13. The van der Waals surface area contributed by atoms with E-state index in [1.165, 1.54) is 0 Å². The molecule has 0 aliphatic rings. The smallest absolute Gasteiger partial charge is 0.0846 e. The fourth-order valence-electron chi connectivity index (χ4n) is 1.01. The van der Waals surface area contributed by atoms with Crippen LogP contribution in [0.4, 0.5) is 0 Å². The summed E-state index contributed by atoms with van der Waals surface area (Å²) in [6, 6.07) is 7.48. The van der Waals surface area contributed by atoms with E-state index in [1.807, 2.05) is 31.2 Å². The Balaban J connectivity index is 2.71. The van der Waals surface area contributed by atoms with Crippen molar-refractivity contribution in [2.75, 3.05) is 6.54 Å². The van der Waals surface area contributed by atoms with E-state index in [0.29, 0.717) is 0 Å². The lowest BCUT2D eigenvalue weighted by molar-refractivity contribution is 0.187. The summed E-state index contributed by atoms with van der Waals surface area (Å²) in [4.78, 5) is 2.58. The van der Waals surface area contributed by atoms with Gasteiger partial charge in [-0.1, -0.05) is 34.9 Å². The first kappa shape index (κ1) is 9.58. The summed E-state index contributed by atoms with van der Waals surface area (Å²) in [5.74, 6) is 0. The van der Waals surface area contributed by atoms with Gasteiger partial charge < -0.3 is 5.11 Å². The highest BCUT2D eigenvalue weighted by Gasteiger charge is 2.04. The van der Waals surface area contributed by atoms with Crippen molar-refractivity contribution in [1.29, 1.82) is 0 Å². The molecule has 68 valence electrons. The van der Waals surface area contributed by atoms with Crippen molar-refractivity contribution < 1.29 is 5.11 Å². The number of aryl methyl sites for hydroxylation is 1. The van der Waals surface area contributed by atoms with Gasteiger partial charge in [0.05, 0.1) is 12.6 Å². The van der Waals surface area contributed by atoms with Crippen LogP contribution < -0.4 is 0 Å². The van der Waals surface area contributed by atoms with Crippen LogP contribution in [0.5, 0.6) is 0 Å². The van der Waals surface area contributed by atoms with E-state index >= 15 is 0 Å². The van der Waals surface area contributed by atoms with Crippen LogP contribution in [-0.2, 0) is 0 Å². The molecule has 0 fully saturated rings. The van der Waals surface area contributed by atoms with Crippen molar-refractivity contribution in [2.45, 2.75) is 13.0 Å². The van der Waals surface area contributed by atoms with Crippen LogP contribution in [0.2, 0.25) is 0 Å². The largest absolute Gasteiger partial charge is 0.388 e. The Morgan fingerprint density at radius 2 is 2.08 bits per heavy atom. The lowest BCUT2D eigenvalue weighted by atomic mass is 10.1. The number of hydrogen-bond acceptors (Lipinski definition) is 2. The van der Waals surface area contributed by atoms with E-state index in [9.17, 15) is 5.11 Å². The molecule has 0 aliphatic heterocycles. The molecule has 0 spiro atoms. The standard InChI is InChI=1S/C9H11N3O/c1-7-2-4-8(5-3-7)9(13)6-11-12-10/h2-5,9,13H,6H2,1H3/t9-/m0/s1. The van der Waals surface area contributed by atoms with Gasteiger partial charge in [0.1, 0.15) is 0 Å². The molecular formula is C9H11N3O. The first-order chi connectivity index (χ1) is 6.24. The van der Waals surface area contributed by atoms with Crippen molar-refractivity contribution in [1.82, 2.24) is 0 Å². The minimum Gasteiger partial charge on any atom is -0.388 e. The van der Waals surface area contributed by atoms with E-state index in [-0.39, 0.29) is 6.54 Å². The molecular weight excluding hydrogens is 166 g/mol. The van der Waals surface area contributed by atoms with Crippen LogP contribution >= 0.6 is 0 Å². The zero-order valence-electron chi connectivity index (χ0n) is 7.38. The Hall–Kier alpha value is -1.51. The Labute approximate surface area is 76.5 Å². The van der Waals surface area contributed by atoms with Gasteiger partial charge in [0, 0.05) is 4.91 Å². The summed E-state index contributed by atoms with van der Waals surface area (Å²) in [7, 11) is 0. The van der Waals surface area contributed by atoms with Crippen LogP contribution in [0.3, 0.4) is 0 Å². The van der Waals surface area contributed by atoms with E-state index in [2.05, 4.69) is 10.0 Å². The lowest BCUT2D eigenvalue weighted by Crippen LogP contribution is -2.00. The van der Waals surface area contributed by atoms with Gasteiger partial charge >= 0.3 is 0 Å². The van der Waals surface area contributed by atoms with Gasteiger partial charge in [-0.25, -0.2) is 0 Å². The summed E-state index contributed by atoms with van der Waals surface area (Å²) in [5, 5.41) is 12.8. The minimum atomic E-state index is -0.698. The summed E-state index contributed by atoms with van der Waals surface area (Å²) in [6.07, 6.45) is -0.698. The number of aliphatic hydroxyl groups is 1. The Morgan fingerprint density at radius 1 is 1.46 bits per heavy atom. The molecule has 0 amide bonds. The number of hydrogen-bond donors (Lipinski definition) is 1. The quantitative estimate of drug-likeness (QED) is 0.429. The summed E-state index contributed by atoms with van der Waals surface area (Å²) in [6.45, 7) is 2.06. The van der Waals surface area contributed by atoms with Crippen LogP contribution in [0, 0.1) is 6.92 Å². The van der Waals surface area contributed by atoms with Gasteiger partial charge in [-0.15, -0.1) is 0 Å². The van der Waals surface area contributed by atoms with E-state index in [1.54, 1.807) is 0 Å². The average Bonchev–Trinajstić information content (AvgIpc) is 2.15. The molecule has 1 aromatic rings. The van der Waals surface area contributed by atoms with Crippen LogP contribution in [0.25, 0.3) is 10.4 Å². The van der Waals surface area contributed by atoms with Gasteiger partial charge in [0.25, 0.3) is 0 Å². The van der Waals surface area contributed by atoms with E-state index in [4.69, 9.17) is 5.53 Å². The Kier molecular flexibility index (Phi) is 3.31. The van der Waals surface area contributed by atoms with Gasteiger partial charge in [0.15, 0.2) is 0 Å². The number of rotatable bonds is 3. The Bertz CT molecular complexity index is 314. The van der Waals surface area contributed by atoms with E-state index in [0.717, 1.165) is 11.1 Å². The van der Waals surface area contributed by atoms with Gasteiger partial charge in [-0.2, -0.15) is 0 Å². The average molecular weight is 177 g/mol. The molecule has 0 saturated carbocycles. The summed E-state index contributed by atoms with van der Waals surface area (Å²) < 4.78 is 0. The fraction of sp³-hybridized carbons (Fsp3) is 0.333.